The number of phenolic OH excluding ortho intramolecular Hbond substituents is 1. The molecule has 0 saturated heterocycles. The molecule has 88 valence electrons. The number of carbonyl (C=O) groups excluding carboxylic acids is 1. The molecular formula is C14H15O2S+. The van der Waals surface area contributed by atoms with E-state index in [9.17, 15) is 9.90 Å². The third kappa shape index (κ3) is 2.03. The van der Waals surface area contributed by atoms with Gasteiger partial charge in [0.1, 0.15) is 18.3 Å². The lowest BCUT2D eigenvalue weighted by molar-refractivity contribution is 0.101. The summed E-state index contributed by atoms with van der Waals surface area (Å²) < 4.78 is 0. The molecule has 17 heavy (non-hydrogen) atoms. The molecule has 0 bridgehead atoms. The molecule has 0 heterocycles. The van der Waals surface area contributed by atoms with Gasteiger partial charge in [0.05, 0.1) is 5.56 Å². The number of hydrogen-bond acceptors (Lipinski definition) is 2. The van der Waals surface area contributed by atoms with Gasteiger partial charge in [-0.15, -0.1) is 0 Å². The second kappa shape index (κ2) is 4.41. The number of fused-ring (bicyclic) bond motifs is 1. The molecule has 0 radical (unpaired) electrons. The van der Waals surface area contributed by atoms with Crippen LogP contribution >= 0.6 is 0 Å². The predicted octanol–water partition coefficient (Wildman–Crippen LogP) is 2.98. The zero-order valence-electron chi connectivity index (χ0n) is 10.2. The molecule has 0 fully saturated rings. The summed E-state index contributed by atoms with van der Waals surface area (Å²) in [5, 5.41) is 11.9. The van der Waals surface area contributed by atoms with Crippen LogP contribution < -0.4 is 0 Å². The molecule has 0 atom stereocenters. The fraction of sp³-hybridized carbons (Fsp3) is 0.214. The van der Waals surface area contributed by atoms with Crippen molar-refractivity contribution in [1.29, 1.82) is 0 Å². The Kier molecular flexibility index (Phi) is 3.11. The van der Waals surface area contributed by atoms with Crippen molar-refractivity contribution in [2.75, 3.05) is 12.5 Å². The first-order valence-corrected chi connectivity index (χ1v) is 7.39. The highest BCUT2D eigenvalue weighted by atomic mass is 32.2. The van der Waals surface area contributed by atoms with Crippen molar-refractivity contribution in [1.82, 2.24) is 0 Å². The summed E-state index contributed by atoms with van der Waals surface area (Å²) in [6.45, 7) is 1.48. The van der Waals surface area contributed by atoms with Crippen molar-refractivity contribution in [3.63, 3.8) is 0 Å². The molecule has 0 unspecified atom stereocenters. The summed E-state index contributed by atoms with van der Waals surface area (Å²) in [4.78, 5) is 12.7. The maximum Gasteiger partial charge on any atom is 0.163 e. The Morgan fingerprint density at radius 1 is 1.18 bits per heavy atom. The van der Waals surface area contributed by atoms with Crippen LogP contribution in [0.5, 0.6) is 5.75 Å². The SMILES string of the molecule is CC(=O)c1cc([S+](C)C)c2ccccc2c1O. The number of aromatic hydroxyl groups is 1. The molecule has 0 spiro atoms. The second-order valence-electron chi connectivity index (χ2n) is 4.19. The molecule has 0 aliphatic heterocycles. The van der Waals surface area contributed by atoms with Crippen molar-refractivity contribution in [3.05, 3.63) is 35.9 Å². The standard InChI is InChI=1S/C14H14O2S/c1-9(15)12-8-13(17(2)3)10-6-4-5-7-11(10)14(12)16/h4-8H,1-3H3/p+1. The van der Waals surface area contributed by atoms with Crippen molar-refractivity contribution in [2.45, 2.75) is 11.8 Å². The Labute approximate surface area is 104 Å². The van der Waals surface area contributed by atoms with Crippen LogP contribution in [0, 0.1) is 0 Å². The molecular weight excluding hydrogens is 232 g/mol. The Balaban J connectivity index is 2.89. The van der Waals surface area contributed by atoms with Crippen LogP contribution in [0.15, 0.2) is 35.2 Å². The molecule has 0 saturated carbocycles. The number of ketones is 1. The van der Waals surface area contributed by atoms with Crippen molar-refractivity contribution in [2.24, 2.45) is 0 Å². The Morgan fingerprint density at radius 3 is 2.29 bits per heavy atom. The number of rotatable bonds is 2. The van der Waals surface area contributed by atoms with Gasteiger partial charge in [0.2, 0.25) is 0 Å². The van der Waals surface area contributed by atoms with E-state index >= 15 is 0 Å². The van der Waals surface area contributed by atoms with Crippen LogP contribution in [0.25, 0.3) is 10.8 Å². The number of benzene rings is 2. The van der Waals surface area contributed by atoms with Crippen molar-refractivity contribution < 1.29 is 9.90 Å². The first-order valence-electron chi connectivity index (χ1n) is 5.35. The summed E-state index contributed by atoms with van der Waals surface area (Å²) in [5.41, 5.74) is 0.417. The fourth-order valence-corrected chi connectivity index (χ4v) is 2.90. The van der Waals surface area contributed by atoms with Crippen LogP contribution in [-0.2, 0) is 10.9 Å². The van der Waals surface area contributed by atoms with E-state index in [0.29, 0.717) is 5.56 Å². The Bertz CT molecular complexity index is 588. The topological polar surface area (TPSA) is 37.3 Å². The Hall–Kier alpha value is -1.48. The number of phenols is 1. The molecule has 1 N–H and O–H groups in total. The summed E-state index contributed by atoms with van der Waals surface area (Å²) in [6, 6.07) is 9.49. The number of carbonyl (C=O) groups is 1. The van der Waals surface area contributed by atoms with E-state index in [1.54, 1.807) is 0 Å². The van der Waals surface area contributed by atoms with Gasteiger partial charge < -0.3 is 5.11 Å². The van der Waals surface area contributed by atoms with E-state index in [0.717, 1.165) is 15.7 Å². The monoisotopic (exact) mass is 247 g/mol. The van der Waals surface area contributed by atoms with Gasteiger partial charge in [0, 0.05) is 27.7 Å². The first-order chi connectivity index (χ1) is 8.02. The minimum atomic E-state index is -0.0973. The highest BCUT2D eigenvalue weighted by Gasteiger charge is 2.20. The van der Waals surface area contributed by atoms with E-state index < -0.39 is 0 Å². The maximum absolute atomic E-state index is 11.5. The van der Waals surface area contributed by atoms with Gasteiger partial charge in [0.25, 0.3) is 0 Å². The number of hydrogen-bond donors (Lipinski definition) is 1. The van der Waals surface area contributed by atoms with E-state index in [1.165, 1.54) is 6.92 Å². The molecule has 2 rings (SSSR count). The lowest BCUT2D eigenvalue weighted by Crippen LogP contribution is -2.01. The normalized spacial score (nSPS) is 11.1. The summed E-state index contributed by atoms with van der Waals surface area (Å²) >= 11 is 0. The average molecular weight is 247 g/mol. The van der Waals surface area contributed by atoms with E-state index in [2.05, 4.69) is 12.5 Å². The van der Waals surface area contributed by atoms with Crippen molar-refractivity contribution in [3.8, 4) is 5.75 Å². The molecule has 0 aliphatic rings. The van der Waals surface area contributed by atoms with E-state index in [1.807, 2.05) is 30.3 Å². The lowest BCUT2D eigenvalue weighted by Gasteiger charge is -2.08. The van der Waals surface area contributed by atoms with Gasteiger partial charge in [-0.25, -0.2) is 0 Å². The van der Waals surface area contributed by atoms with Crippen LogP contribution in [0.3, 0.4) is 0 Å². The molecule has 2 aromatic carbocycles. The predicted molar refractivity (Wildman–Crippen MR) is 73.1 cm³/mol. The van der Waals surface area contributed by atoms with Gasteiger partial charge in [-0.3, -0.25) is 4.79 Å². The van der Waals surface area contributed by atoms with Gasteiger partial charge in [-0.05, 0) is 13.0 Å². The summed E-state index contributed by atoms with van der Waals surface area (Å²) in [6.07, 6.45) is 4.23. The number of Topliss-reactive ketones (excluding diaryl/α,β-unsaturated/α-hetero) is 1. The molecule has 0 amide bonds. The van der Waals surface area contributed by atoms with Gasteiger partial charge in [-0.2, -0.15) is 0 Å². The molecule has 2 nitrogen and oxygen atoms in total. The first kappa shape index (κ1) is 12.0. The molecule has 0 aliphatic carbocycles. The van der Waals surface area contributed by atoms with E-state index in [-0.39, 0.29) is 22.4 Å². The smallest absolute Gasteiger partial charge is 0.163 e. The highest BCUT2D eigenvalue weighted by Crippen LogP contribution is 2.34. The van der Waals surface area contributed by atoms with Gasteiger partial charge >= 0.3 is 0 Å². The van der Waals surface area contributed by atoms with Crippen LogP contribution in [0.4, 0.5) is 0 Å². The van der Waals surface area contributed by atoms with Gasteiger partial charge in [0.15, 0.2) is 10.7 Å². The average Bonchev–Trinajstić information content (AvgIpc) is 2.29. The lowest BCUT2D eigenvalue weighted by atomic mass is 10.0. The summed E-state index contributed by atoms with van der Waals surface area (Å²) in [5.74, 6) is 0.00209. The van der Waals surface area contributed by atoms with Gasteiger partial charge in [-0.1, -0.05) is 18.2 Å². The third-order valence-corrected chi connectivity index (χ3v) is 4.01. The molecule has 3 heteroatoms. The van der Waals surface area contributed by atoms with Crippen LogP contribution in [0.2, 0.25) is 0 Å². The summed E-state index contributed by atoms with van der Waals surface area (Å²) in [7, 11) is 0.0481. The second-order valence-corrected chi connectivity index (χ2v) is 6.26. The minimum Gasteiger partial charge on any atom is -0.507 e. The van der Waals surface area contributed by atoms with E-state index in [4.69, 9.17) is 0 Å². The quantitative estimate of drug-likeness (QED) is 0.654. The molecule has 0 aromatic heterocycles. The zero-order chi connectivity index (χ0) is 12.6. The van der Waals surface area contributed by atoms with Crippen LogP contribution in [-0.4, -0.2) is 23.4 Å². The van der Waals surface area contributed by atoms with Crippen LogP contribution in [0.1, 0.15) is 17.3 Å². The fourth-order valence-electron chi connectivity index (χ4n) is 1.93. The minimum absolute atomic E-state index is 0.0481. The Morgan fingerprint density at radius 2 is 1.76 bits per heavy atom. The largest absolute Gasteiger partial charge is 0.507 e. The third-order valence-electron chi connectivity index (χ3n) is 2.80. The zero-order valence-corrected chi connectivity index (χ0v) is 11.0. The maximum atomic E-state index is 11.5. The molecule has 2 aromatic rings. The highest BCUT2D eigenvalue weighted by molar-refractivity contribution is 7.95. The van der Waals surface area contributed by atoms with Crippen molar-refractivity contribution >= 4 is 27.5 Å².